The van der Waals surface area contributed by atoms with E-state index in [-0.39, 0.29) is 5.91 Å². The first-order valence-electron chi connectivity index (χ1n) is 7.18. The summed E-state index contributed by atoms with van der Waals surface area (Å²) in [6.45, 7) is 4.44. The first kappa shape index (κ1) is 13.8. The highest BCUT2D eigenvalue weighted by Crippen LogP contribution is 2.47. The van der Waals surface area contributed by atoms with E-state index in [9.17, 15) is 4.79 Å². The van der Waals surface area contributed by atoms with Gasteiger partial charge in [-0.25, -0.2) is 9.97 Å². The Balaban J connectivity index is 1.66. The predicted octanol–water partition coefficient (Wildman–Crippen LogP) is 2.77. The van der Waals surface area contributed by atoms with E-state index < -0.39 is 0 Å². The van der Waals surface area contributed by atoms with E-state index in [1.165, 1.54) is 6.42 Å². The molecule has 5 heteroatoms. The SMILES string of the molecule is Cc1nccc(C(=O)N(C)Cc2ccc([C@H]3C[C@@H]3C)o2)n1. The molecule has 21 heavy (non-hydrogen) atoms. The molecule has 0 N–H and O–H groups in total. The average molecular weight is 285 g/mol. The van der Waals surface area contributed by atoms with Gasteiger partial charge >= 0.3 is 0 Å². The summed E-state index contributed by atoms with van der Waals surface area (Å²) in [6, 6.07) is 5.61. The smallest absolute Gasteiger partial charge is 0.272 e. The minimum absolute atomic E-state index is 0.127. The molecular weight excluding hydrogens is 266 g/mol. The number of aryl methyl sites for hydroxylation is 1. The van der Waals surface area contributed by atoms with Crippen molar-refractivity contribution < 1.29 is 9.21 Å². The van der Waals surface area contributed by atoms with Crippen LogP contribution in [-0.4, -0.2) is 27.8 Å². The van der Waals surface area contributed by atoms with Crippen molar-refractivity contribution in [3.8, 4) is 0 Å². The van der Waals surface area contributed by atoms with Gasteiger partial charge in [0, 0.05) is 19.2 Å². The van der Waals surface area contributed by atoms with Crippen LogP contribution in [0.15, 0.2) is 28.8 Å². The number of rotatable bonds is 4. The largest absolute Gasteiger partial charge is 0.464 e. The quantitative estimate of drug-likeness (QED) is 0.866. The van der Waals surface area contributed by atoms with Gasteiger partial charge in [0.05, 0.1) is 6.54 Å². The number of carbonyl (C=O) groups excluding carboxylic acids is 1. The molecule has 110 valence electrons. The Bertz CT molecular complexity index is 665. The zero-order valence-electron chi connectivity index (χ0n) is 12.5. The van der Waals surface area contributed by atoms with Crippen LogP contribution in [0.3, 0.4) is 0 Å². The Morgan fingerprint density at radius 3 is 2.86 bits per heavy atom. The summed E-state index contributed by atoms with van der Waals surface area (Å²) in [7, 11) is 1.75. The zero-order valence-corrected chi connectivity index (χ0v) is 12.5. The molecule has 2 aromatic rings. The molecule has 1 aliphatic carbocycles. The number of hydrogen-bond donors (Lipinski definition) is 0. The highest BCUT2D eigenvalue weighted by atomic mass is 16.3. The van der Waals surface area contributed by atoms with E-state index in [1.807, 2.05) is 12.1 Å². The summed E-state index contributed by atoms with van der Waals surface area (Å²) in [4.78, 5) is 22.1. The van der Waals surface area contributed by atoms with Crippen molar-refractivity contribution in [3.05, 3.63) is 47.4 Å². The van der Waals surface area contributed by atoms with Gasteiger partial charge < -0.3 is 9.32 Å². The van der Waals surface area contributed by atoms with Crippen molar-refractivity contribution >= 4 is 5.91 Å². The maximum absolute atomic E-state index is 12.3. The van der Waals surface area contributed by atoms with E-state index in [2.05, 4.69) is 16.9 Å². The number of aromatic nitrogens is 2. The van der Waals surface area contributed by atoms with Gasteiger partial charge in [0.2, 0.25) is 0 Å². The lowest BCUT2D eigenvalue weighted by atomic mass is 10.3. The van der Waals surface area contributed by atoms with Crippen molar-refractivity contribution in [2.24, 2.45) is 5.92 Å². The van der Waals surface area contributed by atoms with Gasteiger partial charge in [-0.05, 0) is 37.5 Å². The van der Waals surface area contributed by atoms with Crippen LogP contribution in [0.25, 0.3) is 0 Å². The summed E-state index contributed by atoms with van der Waals surface area (Å²) in [5, 5.41) is 0. The second-order valence-corrected chi connectivity index (χ2v) is 5.77. The molecule has 0 spiro atoms. The number of amides is 1. The summed E-state index contributed by atoms with van der Waals surface area (Å²) < 4.78 is 5.83. The Hall–Kier alpha value is -2.17. The van der Waals surface area contributed by atoms with E-state index in [4.69, 9.17) is 4.42 Å². The molecule has 0 unspecified atom stereocenters. The molecule has 5 nitrogen and oxygen atoms in total. The Labute approximate surface area is 124 Å². The highest BCUT2D eigenvalue weighted by Gasteiger charge is 2.36. The second kappa shape index (κ2) is 5.31. The third-order valence-electron chi connectivity index (χ3n) is 3.89. The third kappa shape index (κ3) is 2.96. The first-order chi connectivity index (χ1) is 10.0. The van der Waals surface area contributed by atoms with Gasteiger partial charge in [-0.1, -0.05) is 6.92 Å². The number of carbonyl (C=O) groups is 1. The molecule has 1 amide bonds. The van der Waals surface area contributed by atoms with E-state index in [0.717, 1.165) is 11.5 Å². The van der Waals surface area contributed by atoms with Crippen LogP contribution in [0, 0.1) is 12.8 Å². The van der Waals surface area contributed by atoms with Crippen molar-refractivity contribution in [2.45, 2.75) is 32.7 Å². The summed E-state index contributed by atoms with van der Waals surface area (Å²) in [6.07, 6.45) is 2.80. The Kier molecular flexibility index (Phi) is 3.49. The lowest BCUT2D eigenvalue weighted by Crippen LogP contribution is -2.27. The summed E-state index contributed by atoms with van der Waals surface area (Å²) in [5.74, 6) is 3.59. The first-order valence-corrected chi connectivity index (χ1v) is 7.18. The predicted molar refractivity (Wildman–Crippen MR) is 77.8 cm³/mol. The fraction of sp³-hybridized carbons (Fsp3) is 0.438. The van der Waals surface area contributed by atoms with Gasteiger partial charge in [-0.2, -0.15) is 0 Å². The number of hydrogen-bond acceptors (Lipinski definition) is 4. The van der Waals surface area contributed by atoms with Gasteiger partial charge in [-0.15, -0.1) is 0 Å². The maximum atomic E-state index is 12.3. The summed E-state index contributed by atoms with van der Waals surface area (Å²) in [5.41, 5.74) is 0.410. The van der Waals surface area contributed by atoms with Gasteiger partial charge in [0.1, 0.15) is 23.0 Å². The lowest BCUT2D eigenvalue weighted by molar-refractivity contribution is 0.0768. The molecule has 0 bridgehead atoms. The molecule has 1 saturated carbocycles. The molecule has 0 radical (unpaired) electrons. The van der Waals surface area contributed by atoms with Gasteiger partial charge in [0.25, 0.3) is 5.91 Å². The standard InChI is InChI=1S/C16H19N3O2/c1-10-8-13(10)15-5-4-12(21-15)9-19(3)16(20)14-6-7-17-11(2)18-14/h4-7,10,13H,8-9H2,1-3H3/t10-,13-/m0/s1. The van der Waals surface area contributed by atoms with Crippen LogP contribution in [0.5, 0.6) is 0 Å². The monoisotopic (exact) mass is 285 g/mol. The molecule has 0 saturated heterocycles. The van der Waals surface area contributed by atoms with Crippen molar-refractivity contribution in [1.29, 1.82) is 0 Å². The van der Waals surface area contributed by atoms with Crippen LogP contribution >= 0.6 is 0 Å². The Morgan fingerprint density at radius 1 is 1.43 bits per heavy atom. The molecule has 1 aliphatic rings. The van der Waals surface area contributed by atoms with Gasteiger partial charge in [0.15, 0.2) is 0 Å². The lowest BCUT2D eigenvalue weighted by Gasteiger charge is -2.15. The van der Waals surface area contributed by atoms with Crippen LogP contribution in [0.2, 0.25) is 0 Å². The molecule has 0 aromatic carbocycles. The average Bonchev–Trinajstić information content (AvgIpc) is 3.01. The maximum Gasteiger partial charge on any atom is 0.272 e. The fourth-order valence-electron chi connectivity index (χ4n) is 2.47. The van der Waals surface area contributed by atoms with Crippen LogP contribution in [0.1, 0.15) is 47.1 Å². The molecule has 1 fully saturated rings. The molecule has 2 heterocycles. The molecular formula is C16H19N3O2. The van der Waals surface area contributed by atoms with Crippen LogP contribution in [-0.2, 0) is 6.54 Å². The number of nitrogens with zero attached hydrogens (tertiary/aromatic N) is 3. The highest BCUT2D eigenvalue weighted by molar-refractivity contribution is 5.91. The van der Waals surface area contributed by atoms with E-state index >= 15 is 0 Å². The normalized spacial score (nSPS) is 20.3. The second-order valence-electron chi connectivity index (χ2n) is 5.77. The Morgan fingerprint density at radius 2 is 2.19 bits per heavy atom. The fourth-order valence-corrected chi connectivity index (χ4v) is 2.47. The summed E-state index contributed by atoms with van der Waals surface area (Å²) >= 11 is 0. The van der Waals surface area contributed by atoms with Crippen molar-refractivity contribution in [3.63, 3.8) is 0 Å². The third-order valence-corrected chi connectivity index (χ3v) is 3.89. The van der Waals surface area contributed by atoms with Crippen molar-refractivity contribution in [1.82, 2.24) is 14.9 Å². The van der Waals surface area contributed by atoms with Crippen molar-refractivity contribution in [2.75, 3.05) is 7.05 Å². The molecule has 0 aliphatic heterocycles. The van der Waals surface area contributed by atoms with E-state index in [0.29, 0.717) is 29.9 Å². The number of furan rings is 1. The van der Waals surface area contributed by atoms with Crippen LogP contribution in [0.4, 0.5) is 0 Å². The van der Waals surface area contributed by atoms with E-state index in [1.54, 1.807) is 31.1 Å². The van der Waals surface area contributed by atoms with Crippen LogP contribution < -0.4 is 0 Å². The molecule has 2 atom stereocenters. The zero-order chi connectivity index (χ0) is 15.0. The minimum atomic E-state index is -0.127. The minimum Gasteiger partial charge on any atom is -0.464 e. The topological polar surface area (TPSA) is 59.2 Å². The molecule has 3 rings (SSSR count). The molecule has 2 aromatic heterocycles. The van der Waals surface area contributed by atoms with Gasteiger partial charge in [-0.3, -0.25) is 4.79 Å².